The highest BCUT2D eigenvalue weighted by Crippen LogP contribution is 2.30. The van der Waals surface area contributed by atoms with Gasteiger partial charge in [0.1, 0.15) is 5.75 Å². The number of amides is 1. The third-order valence-electron chi connectivity index (χ3n) is 5.96. The summed E-state index contributed by atoms with van der Waals surface area (Å²) in [6.45, 7) is 5.86. The van der Waals surface area contributed by atoms with Crippen LogP contribution in [-0.4, -0.2) is 68.7 Å². The van der Waals surface area contributed by atoms with Gasteiger partial charge in [-0.05, 0) is 46.3 Å². The van der Waals surface area contributed by atoms with Gasteiger partial charge in [0.05, 0.1) is 24.4 Å². The molecule has 0 spiro atoms. The molecule has 1 saturated heterocycles. The number of tetrazole rings is 1. The number of rotatable bonds is 6. The number of hydrogen-bond acceptors (Lipinski definition) is 6. The second-order valence-electron chi connectivity index (χ2n) is 8.00. The maximum atomic E-state index is 13.6. The minimum atomic E-state index is 0.0176. The van der Waals surface area contributed by atoms with Gasteiger partial charge in [-0.3, -0.25) is 9.69 Å². The maximum Gasteiger partial charge on any atom is 0.258 e. The van der Waals surface area contributed by atoms with Crippen molar-refractivity contribution in [3.8, 4) is 11.4 Å². The summed E-state index contributed by atoms with van der Waals surface area (Å²) in [5.41, 5.74) is 1.59. The zero-order chi connectivity index (χ0) is 22.6. The van der Waals surface area contributed by atoms with Crippen LogP contribution < -0.4 is 4.74 Å². The first kappa shape index (κ1) is 21.1. The van der Waals surface area contributed by atoms with Crippen molar-refractivity contribution in [3.63, 3.8) is 0 Å². The summed E-state index contributed by atoms with van der Waals surface area (Å²) >= 11 is 0. The minimum absolute atomic E-state index is 0.0176. The number of piperazine rings is 1. The number of carbonyl (C=O) groups is 1. The van der Waals surface area contributed by atoms with Gasteiger partial charge < -0.3 is 9.64 Å². The fourth-order valence-corrected chi connectivity index (χ4v) is 4.29. The molecule has 0 bridgehead atoms. The molecule has 0 atom stereocenters. The van der Waals surface area contributed by atoms with E-state index in [1.54, 1.807) is 4.68 Å². The fourth-order valence-electron chi connectivity index (χ4n) is 4.29. The standard InChI is InChI=1S/C25H26N6O2/c1-2-33-22-13-12-19-8-6-7-11-21(19)24(22)25(32)30-16-14-29(15-17-30)18-23-26-27-28-31(23)20-9-4-3-5-10-20/h3-13H,2,14-18H2,1H3. The summed E-state index contributed by atoms with van der Waals surface area (Å²) in [5.74, 6) is 1.45. The molecule has 1 aliphatic heterocycles. The molecule has 0 N–H and O–H groups in total. The molecule has 0 unspecified atom stereocenters. The normalized spacial score (nSPS) is 14.5. The van der Waals surface area contributed by atoms with Crippen LogP contribution in [0.25, 0.3) is 16.5 Å². The monoisotopic (exact) mass is 442 g/mol. The second-order valence-corrected chi connectivity index (χ2v) is 8.00. The van der Waals surface area contributed by atoms with Crippen LogP contribution in [0.5, 0.6) is 5.75 Å². The van der Waals surface area contributed by atoms with Gasteiger partial charge in [0, 0.05) is 26.2 Å². The summed E-state index contributed by atoms with van der Waals surface area (Å²) in [4.78, 5) is 17.8. The Hall–Kier alpha value is -3.78. The molecule has 1 aromatic heterocycles. The number of nitrogens with zero attached hydrogens (tertiary/aromatic N) is 6. The smallest absolute Gasteiger partial charge is 0.258 e. The van der Waals surface area contributed by atoms with E-state index >= 15 is 0 Å². The Balaban J connectivity index is 1.30. The molecule has 1 amide bonds. The lowest BCUT2D eigenvalue weighted by Gasteiger charge is -2.34. The van der Waals surface area contributed by atoms with E-state index in [-0.39, 0.29) is 5.91 Å². The molecule has 5 rings (SSSR count). The lowest BCUT2D eigenvalue weighted by molar-refractivity contribution is 0.0622. The minimum Gasteiger partial charge on any atom is -0.493 e. The van der Waals surface area contributed by atoms with Crippen LogP contribution in [0.1, 0.15) is 23.1 Å². The Morgan fingerprint density at radius 3 is 2.48 bits per heavy atom. The Bertz CT molecular complexity index is 1250. The van der Waals surface area contributed by atoms with Crippen LogP contribution in [0.3, 0.4) is 0 Å². The molecule has 2 heterocycles. The Kier molecular flexibility index (Phi) is 5.99. The van der Waals surface area contributed by atoms with E-state index in [1.165, 1.54) is 0 Å². The summed E-state index contributed by atoms with van der Waals surface area (Å²) in [6.07, 6.45) is 0. The van der Waals surface area contributed by atoms with E-state index in [2.05, 4.69) is 20.4 Å². The van der Waals surface area contributed by atoms with Crippen molar-refractivity contribution >= 4 is 16.7 Å². The van der Waals surface area contributed by atoms with E-state index in [0.717, 1.165) is 35.4 Å². The number of fused-ring (bicyclic) bond motifs is 1. The van der Waals surface area contributed by atoms with Crippen LogP contribution >= 0.6 is 0 Å². The molecule has 0 aliphatic carbocycles. The highest BCUT2D eigenvalue weighted by molar-refractivity contribution is 6.09. The average Bonchev–Trinajstić information content (AvgIpc) is 3.33. The number of benzene rings is 3. The van der Waals surface area contributed by atoms with E-state index in [1.807, 2.05) is 78.6 Å². The van der Waals surface area contributed by atoms with Gasteiger partial charge in [-0.25, -0.2) is 0 Å². The Morgan fingerprint density at radius 1 is 0.939 bits per heavy atom. The van der Waals surface area contributed by atoms with Gasteiger partial charge in [-0.2, -0.15) is 4.68 Å². The Morgan fingerprint density at radius 2 is 1.70 bits per heavy atom. The Labute approximate surface area is 192 Å². The number of aromatic nitrogens is 4. The third kappa shape index (κ3) is 4.29. The van der Waals surface area contributed by atoms with E-state index < -0.39 is 0 Å². The molecule has 8 heteroatoms. The van der Waals surface area contributed by atoms with E-state index in [9.17, 15) is 4.79 Å². The van der Waals surface area contributed by atoms with Gasteiger partial charge in [-0.15, -0.1) is 5.10 Å². The molecular formula is C25H26N6O2. The zero-order valence-electron chi connectivity index (χ0n) is 18.6. The molecule has 0 saturated carbocycles. The first-order valence-electron chi connectivity index (χ1n) is 11.2. The van der Waals surface area contributed by atoms with Crippen molar-refractivity contribution in [2.75, 3.05) is 32.8 Å². The van der Waals surface area contributed by atoms with E-state index in [4.69, 9.17) is 4.74 Å². The van der Waals surface area contributed by atoms with Gasteiger partial charge >= 0.3 is 0 Å². The van der Waals surface area contributed by atoms with Crippen molar-refractivity contribution in [3.05, 3.63) is 78.1 Å². The van der Waals surface area contributed by atoms with Crippen molar-refractivity contribution < 1.29 is 9.53 Å². The summed E-state index contributed by atoms with van der Waals surface area (Å²) < 4.78 is 7.59. The van der Waals surface area contributed by atoms with Crippen molar-refractivity contribution in [2.24, 2.45) is 0 Å². The predicted molar refractivity (Wildman–Crippen MR) is 125 cm³/mol. The first-order valence-corrected chi connectivity index (χ1v) is 11.2. The number of hydrogen-bond donors (Lipinski definition) is 0. The molecule has 168 valence electrons. The fraction of sp³-hybridized carbons (Fsp3) is 0.280. The highest BCUT2D eigenvalue weighted by atomic mass is 16.5. The molecule has 8 nitrogen and oxygen atoms in total. The quantitative estimate of drug-likeness (QED) is 0.457. The van der Waals surface area contributed by atoms with Crippen LogP contribution in [0.4, 0.5) is 0 Å². The van der Waals surface area contributed by atoms with E-state index in [0.29, 0.717) is 37.6 Å². The third-order valence-corrected chi connectivity index (χ3v) is 5.96. The molecule has 1 fully saturated rings. The molecule has 3 aromatic carbocycles. The maximum absolute atomic E-state index is 13.6. The largest absolute Gasteiger partial charge is 0.493 e. The molecule has 33 heavy (non-hydrogen) atoms. The lowest BCUT2D eigenvalue weighted by Crippen LogP contribution is -2.48. The van der Waals surface area contributed by atoms with Crippen LogP contribution in [0.2, 0.25) is 0 Å². The average molecular weight is 443 g/mol. The summed E-state index contributed by atoms with van der Waals surface area (Å²) in [5, 5.41) is 14.2. The SMILES string of the molecule is CCOc1ccc2ccccc2c1C(=O)N1CCN(Cc2nnnn2-c2ccccc2)CC1. The summed E-state index contributed by atoms with van der Waals surface area (Å²) in [6, 6.07) is 21.7. The molecule has 1 aliphatic rings. The van der Waals surface area contributed by atoms with Gasteiger partial charge in [-0.1, -0.05) is 48.5 Å². The molecule has 4 aromatic rings. The lowest BCUT2D eigenvalue weighted by atomic mass is 10.0. The van der Waals surface area contributed by atoms with Crippen LogP contribution in [0.15, 0.2) is 66.7 Å². The first-order chi connectivity index (χ1) is 16.2. The van der Waals surface area contributed by atoms with Gasteiger partial charge in [0.25, 0.3) is 5.91 Å². The second kappa shape index (κ2) is 9.38. The summed E-state index contributed by atoms with van der Waals surface area (Å²) in [7, 11) is 0. The van der Waals surface area contributed by atoms with Crippen molar-refractivity contribution in [1.29, 1.82) is 0 Å². The zero-order valence-corrected chi connectivity index (χ0v) is 18.6. The van der Waals surface area contributed by atoms with Gasteiger partial charge in [0.15, 0.2) is 5.82 Å². The van der Waals surface area contributed by atoms with Crippen LogP contribution in [-0.2, 0) is 6.54 Å². The van der Waals surface area contributed by atoms with Gasteiger partial charge in [0.2, 0.25) is 0 Å². The van der Waals surface area contributed by atoms with Crippen molar-refractivity contribution in [1.82, 2.24) is 30.0 Å². The van der Waals surface area contributed by atoms with Crippen molar-refractivity contribution in [2.45, 2.75) is 13.5 Å². The predicted octanol–water partition coefficient (Wildman–Crippen LogP) is 3.17. The number of para-hydroxylation sites is 1. The molecule has 0 radical (unpaired) electrons. The topological polar surface area (TPSA) is 76.4 Å². The highest BCUT2D eigenvalue weighted by Gasteiger charge is 2.27. The molecular weight excluding hydrogens is 416 g/mol. The number of ether oxygens (including phenoxy) is 1. The van der Waals surface area contributed by atoms with Crippen LogP contribution in [0, 0.1) is 0 Å². The number of carbonyl (C=O) groups excluding carboxylic acids is 1.